The predicted octanol–water partition coefficient (Wildman–Crippen LogP) is 0.651. The largest absolute Gasteiger partial charge is 0.355 e. The van der Waals surface area contributed by atoms with Gasteiger partial charge in [0.15, 0.2) is 0 Å². The zero-order valence-electron chi connectivity index (χ0n) is 12.2. The normalized spacial score (nSPS) is 14.1. The molecule has 0 aliphatic rings. The van der Waals surface area contributed by atoms with Gasteiger partial charge in [-0.2, -0.15) is 0 Å². The molecule has 0 aliphatic carbocycles. The second kappa shape index (κ2) is 8.91. The molecule has 0 fully saturated rings. The smallest absolute Gasteiger partial charge is 0.236 e. The van der Waals surface area contributed by atoms with E-state index in [1.54, 1.807) is 13.8 Å². The van der Waals surface area contributed by atoms with Gasteiger partial charge in [-0.3, -0.25) is 14.9 Å². The van der Waals surface area contributed by atoms with Crippen LogP contribution in [0.1, 0.15) is 41.0 Å². The third kappa shape index (κ3) is 7.27. The van der Waals surface area contributed by atoms with Gasteiger partial charge in [0, 0.05) is 13.1 Å². The van der Waals surface area contributed by atoms with Crippen molar-refractivity contribution in [2.45, 2.75) is 53.1 Å². The number of amides is 2. The maximum Gasteiger partial charge on any atom is 0.236 e. The molecule has 0 spiro atoms. The van der Waals surface area contributed by atoms with Crippen LogP contribution in [-0.2, 0) is 9.59 Å². The van der Waals surface area contributed by atoms with Gasteiger partial charge in [-0.15, -0.1) is 0 Å². The van der Waals surface area contributed by atoms with Crippen LogP contribution in [0.5, 0.6) is 0 Å². The van der Waals surface area contributed by atoms with Crippen molar-refractivity contribution in [2.24, 2.45) is 5.92 Å². The minimum absolute atomic E-state index is 0.0631. The molecule has 0 aromatic heterocycles. The molecule has 0 saturated carbocycles. The van der Waals surface area contributed by atoms with E-state index in [1.165, 1.54) is 0 Å². The lowest BCUT2D eigenvalue weighted by atomic mass is 10.1. The summed E-state index contributed by atoms with van der Waals surface area (Å²) in [5.41, 5.74) is 0. The Morgan fingerprint density at radius 2 is 1.44 bits per heavy atom. The van der Waals surface area contributed by atoms with E-state index in [0.29, 0.717) is 19.0 Å². The summed E-state index contributed by atoms with van der Waals surface area (Å²) in [7, 11) is 0. The lowest BCUT2D eigenvalue weighted by Gasteiger charge is -2.19. The van der Waals surface area contributed by atoms with Crippen LogP contribution in [0.25, 0.3) is 0 Å². The molecule has 0 radical (unpaired) electrons. The molecule has 5 heteroatoms. The molecule has 0 saturated heterocycles. The molecule has 0 rings (SSSR count). The Morgan fingerprint density at radius 1 is 0.944 bits per heavy atom. The Labute approximate surface area is 110 Å². The Morgan fingerprint density at radius 3 is 1.89 bits per heavy atom. The van der Waals surface area contributed by atoms with E-state index in [4.69, 9.17) is 0 Å². The SMILES string of the molecule is CCNC(=O)C(C)NC(C)C(=O)NCCC(C)C. The molecule has 3 N–H and O–H groups in total. The van der Waals surface area contributed by atoms with Crippen LogP contribution in [0.2, 0.25) is 0 Å². The van der Waals surface area contributed by atoms with Gasteiger partial charge in [-0.05, 0) is 33.1 Å². The average Bonchev–Trinajstić information content (AvgIpc) is 2.28. The first kappa shape index (κ1) is 16.9. The zero-order chi connectivity index (χ0) is 14.1. The van der Waals surface area contributed by atoms with Gasteiger partial charge in [-0.25, -0.2) is 0 Å². The lowest BCUT2D eigenvalue weighted by Crippen LogP contribution is -2.51. The first-order valence-corrected chi connectivity index (χ1v) is 6.69. The topological polar surface area (TPSA) is 70.2 Å². The maximum atomic E-state index is 11.7. The third-order valence-electron chi connectivity index (χ3n) is 2.66. The molecule has 2 atom stereocenters. The fourth-order valence-corrected chi connectivity index (χ4v) is 1.49. The summed E-state index contributed by atoms with van der Waals surface area (Å²) in [5.74, 6) is 0.425. The number of rotatable bonds is 8. The molecule has 0 aromatic rings. The average molecular weight is 257 g/mol. The van der Waals surface area contributed by atoms with Gasteiger partial charge < -0.3 is 10.6 Å². The van der Waals surface area contributed by atoms with E-state index in [0.717, 1.165) is 6.42 Å². The van der Waals surface area contributed by atoms with Crippen molar-refractivity contribution in [1.82, 2.24) is 16.0 Å². The summed E-state index contributed by atoms with van der Waals surface area (Å²) in [5, 5.41) is 8.55. The third-order valence-corrected chi connectivity index (χ3v) is 2.66. The molecule has 0 aliphatic heterocycles. The van der Waals surface area contributed by atoms with E-state index in [1.807, 2.05) is 6.92 Å². The minimum atomic E-state index is -0.366. The molecule has 5 nitrogen and oxygen atoms in total. The molecule has 2 unspecified atom stereocenters. The summed E-state index contributed by atoms with van der Waals surface area (Å²) in [6.45, 7) is 10.9. The second-order valence-corrected chi connectivity index (χ2v) is 4.98. The molecule has 0 heterocycles. The van der Waals surface area contributed by atoms with E-state index in [9.17, 15) is 9.59 Å². The Hall–Kier alpha value is -1.10. The standard InChI is InChI=1S/C13H27N3O2/c1-6-14-12(17)10(4)16-11(5)13(18)15-8-7-9(2)3/h9-11,16H,6-8H2,1-5H3,(H,14,17)(H,15,18). The number of carbonyl (C=O) groups excluding carboxylic acids is 2. The summed E-state index contributed by atoms with van der Waals surface area (Å²) in [4.78, 5) is 23.2. The fourth-order valence-electron chi connectivity index (χ4n) is 1.49. The monoisotopic (exact) mass is 257 g/mol. The van der Waals surface area contributed by atoms with Gasteiger partial charge in [0.1, 0.15) is 0 Å². The lowest BCUT2D eigenvalue weighted by molar-refractivity contribution is -0.125. The van der Waals surface area contributed by atoms with E-state index in [2.05, 4.69) is 29.8 Å². The maximum absolute atomic E-state index is 11.7. The van der Waals surface area contributed by atoms with Gasteiger partial charge in [0.2, 0.25) is 11.8 Å². The highest BCUT2D eigenvalue weighted by Gasteiger charge is 2.18. The second-order valence-electron chi connectivity index (χ2n) is 4.98. The predicted molar refractivity (Wildman–Crippen MR) is 73.2 cm³/mol. The van der Waals surface area contributed by atoms with Crippen molar-refractivity contribution in [3.63, 3.8) is 0 Å². The van der Waals surface area contributed by atoms with Crippen LogP contribution in [0, 0.1) is 5.92 Å². The molecule has 18 heavy (non-hydrogen) atoms. The van der Waals surface area contributed by atoms with Crippen LogP contribution in [0.4, 0.5) is 0 Å². The zero-order valence-corrected chi connectivity index (χ0v) is 12.2. The Balaban J connectivity index is 3.96. The Kier molecular flexibility index (Phi) is 8.37. The van der Waals surface area contributed by atoms with Crippen molar-refractivity contribution in [3.05, 3.63) is 0 Å². The van der Waals surface area contributed by atoms with Gasteiger partial charge in [-0.1, -0.05) is 13.8 Å². The number of likely N-dealkylation sites (N-methyl/N-ethyl adjacent to an activating group) is 1. The summed E-state index contributed by atoms with van der Waals surface area (Å²) < 4.78 is 0. The molecule has 0 aromatic carbocycles. The quantitative estimate of drug-likeness (QED) is 0.598. The summed E-state index contributed by atoms with van der Waals surface area (Å²) >= 11 is 0. The highest BCUT2D eigenvalue weighted by atomic mass is 16.2. The molecule has 106 valence electrons. The highest BCUT2D eigenvalue weighted by molar-refractivity contribution is 5.84. The van der Waals surface area contributed by atoms with Crippen molar-refractivity contribution < 1.29 is 9.59 Å². The van der Waals surface area contributed by atoms with Crippen LogP contribution in [0.3, 0.4) is 0 Å². The Bertz CT molecular complexity index is 267. The molecular weight excluding hydrogens is 230 g/mol. The van der Waals surface area contributed by atoms with Crippen LogP contribution < -0.4 is 16.0 Å². The fraction of sp³-hybridized carbons (Fsp3) is 0.846. The first-order valence-electron chi connectivity index (χ1n) is 6.69. The number of hydrogen-bond donors (Lipinski definition) is 3. The molecule has 0 bridgehead atoms. The van der Waals surface area contributed by atoms with Crippen LogP contribution in [-0.4, -0.2) is 37.0 Å². The van der Waals surface area contributed by atoms with Crippen molar-refractivity contribution in [2.75, 3.05) is 13.1 Å². The van der Waals surface area contributed by atoms with Gasteiger partial charge >= 0.3 is 0 Å². The van der Waals surface area contributed by atoms with Crippen molar-refractivity contribution >= 4 is 11.8 Å². The van der Waals surface area contributed by atoms with E-state index >= 15 is 0 Å². The van der Waals surface area contributed by atoms with Crippen LogP contribution in [0.15, 0.2) is 0 Å². The molecule has 2 amide bonds. The minimum Gasteiger partial charge on any atom is -0.355 e. The number of nitrogens with one attached hydrogen (secondary N) is 3. The van der Waals surface area contributed by atoms with Crippen molar-refractivity contribution in [3.8, 4) is 0 Å². The van der Waals surface area contributed by atoms with Crippen LogP contribution >= 0.6 is 0 Å². The summed E-state index contributed by atoms with van der Waals surface area (Å²) in [6.07, 6.45) is 0.963. The van der Waals surface area contributed by atoms with Crippen molar-refractivity contribution in [1.29, 1.82) is 0 Å². The number of hydrogen-bond acceptors (Lipinski definition) is 3. The van der Waals surface area contributed by atoms with Gasteiger partial charge in [0.25, 0.3) is 0 Å². The van der Waals surface area contributed by atoms with E-state index < -0.39 is 0 Å². The van der Waals surface area contributed by atoms with E-state index in [-0.39, 0.29) is 23.9 Å². The molecular formula is C13H27N3O2. The summed E-state index contributed by atoms with van der Waals surface area (Å²) in [6, 6.07) is -0.731. The van der Waals surface area contributed by atoms with Gasteiger partial charge in [0.05, 0.1) is 12.1 Å². The highest BCUT2D eigenvalue weighted by Crippen LogP contribution is 1.96. The number of carbonyl (C=O) groups is 2. The first-order chi connectivity index (χ1) is 8.38.